The maximum absolute atomic E-state index is 13.5. The number of carbonyl (C=O) groups excluding carboxylic acids is 1. The number of anilines is 1. The second-order valence-corrected chi connectivity index (χ2v) is 5.20. The van der Waals surface area contributed by atoms with Crippen LogP contribution in [-0.4, -0.2) is 19.1 Å². The molecule has 0 aromatic heterocycles. The summed E-state index contributed by atoms with van der Waals surface area (Å²) in [5.41, 5.74) is 0.761. The number of ether oxygens (including phenoxy) is 1. The van der Waals surface area contributed by atoms with Gasteiger partial charge in [0.15, 0.2) is 0 Å². The molecule has 3 nitrogen and oxygen atoms in total. The number of esters is 1. The SMILES string of the molecule is COC(=O)c1cc(NC2CCCCC2C)ccc1F. The molecule has 0 bridgehead atoms. The van der Waals surface area contributed by atoms with Crippen molar-refractivity contribution in [3.8, 4) is 0 Å². The van der Waals surface area contributed by atoms with E-state index in [1.54, 1.807) is 6.07 Å². The summed E-state index contributed by atoms with van der Waals surface area (Å²) < 4.78 is 18.1. The highest BCUT2D eigenvalue weighted by Crippen LogP contribution is 2.27. The zero-order chi connectivity index (χ0) is 13.8. The van der Waals surface area contributed by atoms with Crippen LogP contribution >= 0.6 is 0 Å². The molecule has 1 aliphatic rings. The molecule has 19 heavy (non-hydrogen) atoms. The van der Waals surface area contributed by atoms with E-state index in [9.17, 15) is 9.18 Å². The standard InChI is InChI=1S/C15H20FNO2/c1-10-5-3-4-6-14(10)17-11-7-8-13(16)12(9-11)15(18)19-2/h7-10,14,17H,3-6H2,1-2H3. The Morgan fingerprint density at radius 3 is 2.79 bits per heavy atom. The largest absolute Gasteiger partial charge is 0.465 e. The summed E-state index contributed by atoms with van der Waals surface area (Å²) in [6, 6.07) is 4.90. The fourth-order valence-corrected chi connectivity index (χ4v) is 2.63. The Bertz CT molecular complexity index is 461. The first-order valence-electron chi connectivity index (χ1n) is 6.76. The average Bonchev–Trinajstić information content (AvgIpc) is 2.42. The molecule has 1 aromatic carbocycles. The molecule has 0 saturated heterocycles. The smallest absolute Gasteiger partial charge is 0.340 e. The van der Waals surface area contributed by atoms with E-state index >= 15 is 0 Å². The summed E-state index contributed by atoms with van der Waals surface area (Å²) >= 11 is 0. The van der Waals surface area contributed by atoms with Gasteiger partial charge in [0, 0.05) is 11.7 Å². The van der Waals surface area contributed by atoms with Crippen molar-refractivity contribution in [1.82, 2.24) is 0 Å². The minimum Gasteiger partial charge on any atom is -0.465 e. The molecule has 1 aromatic rings. The van der Waals surface area contributed by atoms with Crippen LogP contribution in [0.2, 0.25) is 0 Å². The first-order valence-corrected chi connectivity index (χ1v) is 6.76. The number of rotatable bonds is 3. The molecule has 104 valence electrons. The zero-order valence-electron chi connectivity index (χ0n) is 11.4. The van der Waals surface area contributed by atoms with Crippen LogP contribution in [0.4, 0.5) is 10.1 Å². The topological polar surface area (TPSA) is 38.3 Å². The third kappa shape index (κ3) is 3.25. The van der Waals surface area contributed by atoms with E-state index in [4.69, 9.17) is 0 Å². The number of methoxy groups -OCH3 is 1. The van der Waals surface area contributed by atoms with Gasteiger partial charge in [-0.2, -0.15) is 0 Å². The fourth-order valence-electron chi connectivity index (χ4n) is 2.63. The van der Waals surface area contributed by atoms with E-state index in [1.807, 2.05) is 0 Å². The Kier molecular flexibility index (Phi) is 4.40. The number of nitrogens with one attached hydrogen (secondary N) is 1. The Labute approximate surface area is 113 Å². The van der Waals surface area contributed by atoms with Crippen LogP contribution in [0.1, 0.15) is 43.0 Å². The summed E-state index contributed by atoms with van der Waals surface area (Å²) in [7, 11) is 1.26. The van der Waals surface area contributed by atoms with Crippen molar-refractivity contribution >= 4 is 11.7 Å². The minimum absolute atomic E-state index is 0.0176. The van der Waals surface area contributed by atoms with Gasteiger partial charge in [-0.15, -0.1) is 0 Å². The number of hydrogen-bond donors (Lipinski definition) is 1. The van der Waals surface area contributed by atoms with E-state index in [0.29, 0.717) is 12.0 Å². The second-order valence-electron chi connectivity index (χ2n) is 5.20. The van der Waals surface area contributed by atoms with E-state index in [1.165, 1.54) is 38.5 Å². The molecule has 4 heteroatoms. The molecule has 0 aliphatic heterocycles. The van der Waals surface area contributed by atoms with Crippen molar-refractivity contribution in [3.05, 3.63) is 29.6 Å². The van der Waals surface area contributed by atoms with Gasteiger partial charge in [0.1, 0.15) is 5.82 Å². The van der Waals surface area contributed by atoms with Crippen molar-refractivity contribution < 1.29 is 13.9 Å². The monoisotopic (exact) mass is 265 g/mol. The third-order valence-corrected chi connectivity index (χ3v) is 3.84. The molecular formula is C15H20FNO2. The highest BCUT2D eigenvalue weighted by Gasteiger charge is 2.21. The first kappa shape index (κ1) is 13.8. The summed E-state index contributed by atoms with van der Waals surface area (Å²) in [6.45, 7) is 2.22. The van der Waals surface area contributed by atoms with Gasteiger partial charge in [0.05, 0.1) is 12.7 Å². The van der Waals surface area contributed by atoms with E-state index in [-0.39, 0.29) is 5.56 Å². The van der Waals surface area contributed by atoms with Crippen molar-refractivity contribution in [2.75, 3.05) is 12.4 Å². The molecule has 2 unspecified atom stereocenters. The number of benzene rings is 1. The molecule has 1 N–H and O–H groups in total. The van der Waals surface area contributed by atoms with Gasteiger partial charge in [0.2, 0.25) is 0 Å². The second kappa shape index (κ2) is 6.04. The first-order chi connectivity index (χ1) is 9.11. The normalized spacial score (nSPS) is 22.9. The van der Waals surface area contributed by atoms with Crippen LogP contribution in [0.5, 0.6) is 0 Å². The minimum atomic E-state index is -0.641. The maximum atomic E-state index is 13.5. The van der Waals surface area contributed by atoms with Crippen LogP contribution in [0.15, 0.2) is 18.2 Å². The highest BCUT2D eigenvalue weighted by molar-refractivity contribution is 5.90. The van der Waals surface area contributed by atoms with Gasteiger partial charge in [-0.25, -0.2) is 9.18 Å². The molecule has 0 heterocycles. The van der Waals surface area contributed by atoms with Crippen molar-refractivity contribution in [1.29, 1.82) is 0 Å². The molecule has 1 aliphatic carbocycles. The molecule has 2 rings (SSSR count). The summed E-state index contributed by atoms with van der Waals surface area (Å²) in [6.07, 6.45) is 4.82. The van der Waals surface area contributed by atoms with Gasteiger partial charge < -0.3 is 10.1 Å². The van der Waals surface area contributed by atoms with Crippen LogP contribution < -0.4 is 5.32 Å². The number of halogens is 1. The zero-order valence-corrected chi connectivity index (χ0v) is 11.4. The lowest BCUT2D eigenvalue weighted by Crippen LogP contribution is -2.30. The average molecular weight is 265 g/mol. The van der Waals surface area contributed by atoms with Gasteiger partial charge in [0.25, 0.3) is 0 Å². The Morgan fingerprint density at radius 2 is 2.11 bits per heavy atom. The van der Waals surface area contributed by atoms with Crippen molar-refractivity contribution in [2.24, 2.45) is 5.92 Å². The Balaban J connectivity index is 2.14. The van der Waals surface area contributed by atoms with E-state index in [0.717, 1.165) is 12.1 Å². The lowest BCUT2D eigenvalue weighted by atomic mass is 9.86. The van der Waals surface area contributed by atoms with E-state index in [2.05, 4.69) is 17.0 Å². The Morgan fingerprint density at radius 1 is 1.37 bits per heavy atom. The highest BCUT2D eigenvalue weighted by atomic mass is 19.1. The third-order valence-electron chi connectivity index (χ3n) is 3.84. The molecule has 1 saturated carbocycles. The summed E-state index contributed by atoms with van der Waals surface area (Å²) in [5.74, 6) is -0.590. The lowest BCUT2D eigenvalue weighted by Gasteiger charge is -2.30. The molecule has 0 amide bonds. The van der Waals surface area contributed by atoms with Crippen LogP contribution in [0.3, 0.4) is 0 Å². The lowest BCUT2D eigenvalue weighted by molar-refractivity contribution is 0.0595. The molecule has 0 radical (unpaired) electrons. The van der Waals surface area contributed by atoms with Crippen molar-refractivity contribution in [3.63, 3.8) is 0 Å². The van der Waals surface area contributed by atoms with Gasteiger partial charge in [-0.1, -0.05) is 19.8 Å². The fraction of sp³-hybridized carbons (Fsp3) is 0.533. The van der Waals surface area contributed by atoms with Crippen LogP contribution in [0, 0.1) is 11.7 Å². The van der Waals surface area contributed by atoms with E-state index < -0.39 is 11.8 Å². The van der Waals surface area contributed by atoms with Crippen LogP contribution in [-0.2, 0) is 4.74 Å². The van der Waals surface area contributed by atoms with Gasteiger partial charge >= 0.3 is 5.97 Å². The molecule has 2 atom stereocenters. The number of hydrogen-bond acceptors (Lipinski definition) is 3. The molecule has 0 spiro atoms. The molecular weight excluding hydrogens is 245 g/mol. The predicted molar refractivity (Wildman–Crippen MR) is 72.8 cm³/mol. The quantitative estimate of drug-likeness (QED) is 0.849. The number of carbonyl (C=O) groups is 1. The Hall–Kier alpha value is -1.58. The predicted octanol–water partition coefficient (Wildman–Crippen LogP) is 3.60. The summed E-state index contributed by atoms with van der Waals surface area (Å²) in [5, 5.41) is 3.40. The summed E-state index contributed by atoms with van der Waals surface area (Å²) in [4.78, 5) is 11.5. The van der Waals surface area contributed by atoms with Gasteiger partial charge in [-0.3, -0.25) is 0 Å². The van der Waals surface area contributed by atoms with Crippen LogP contribution in [0.25, 0.3) is 0 Å². The van der Waals surface area contributed by atoms with Crippen molar-refractivity contribution in [2.45, 2.75) is 38.6 Å². The molecule has 1 fully saturated rings. The maximum Gasteiger partial charge on any atom is 0.340 e. The van der Waals surface area contributed by atoms with Gasteiger partial charge in [-0.05, 0) is 37.0 Å².